The van der Waals surface area contributed by atoms with Crippen molar-refractivity contribution in [3.63, 3.8) is 0 Å². The fourth-order valence-corrected chi connectivity index (χ4v) is 2.30. The van der Waals surface area contributed by atoms with Crippen LogP contribution in [0.4, 0.5) is 5.82 Å². The second-order valence-corrected chi connectivity index (χ2v) is 4.95. The number of hydrogen-bond donors (Lipinski definition) is 2. The molecule has 0 saturated carbocycles. The first kappa shape index (κ1) is 13.3. The molecule has 0 spiro atoms. The fourth-order valence-electron chi connectivity index (χ4n) is 2.30. The molecule has 0 aromatic carbocycles. The highest BCUT2D eigenvalue weighted by Gasteiger charge is 2.23. The molecule has 2 rings (SSSR count). The zero-order valence-electron chi connectivity index (χ0n) is 11.0. The number of morpholine rings is 1. The Morgan fingerprint density at radius 2 is 2.06 bits per heavy atom. The molecule has 0 bridgehead atoms. The maximum atomic E-state index is 5.87. The topological polar surface area (TPSA) is 77.4 Å². The van der Waals surface area contributed by atoms with Crippen LogP contribution < -0.4 is 16.4 Å². The number of hydrogen-bond acceptors (Lipinski definition) is 5. The van der Waals surface area contributed by atoms with Gasteiger partial charge < -0.3 is 21.1 Å². The van der Waals surface area contributed by atoms with Crippen molar-refractivity contribution in [2.75, 3.05) is 24.5 Å². The van der Waals surface area contributed by atoms with Crippen LogP contribution in [0.5, 0.6) is 0 Å². The van der Waals surface area contributed by atoms with Gasteiger partial charge in [-0.25, -0.2) is 4.98 Å². The normalized spacial score (nSPS) is 26.1. The van der Waals surface area contributed by atoms with Crippen LogP contribution in [0.3, 0.4) is 0 Å². The summed E-state index contributed by atoms with van der Waals surface area (Å²) >= 11 is 0. The number of pyridine rings is 1. The van der Waals surface area contributed by atoms with Crippen molar-refractivity contribution in [2.24, 2.45) is 11.5 Å². The van der Waals surface area contributed by atoms with Crippen molar-refractivity contribution >= 4 is 5.82 Å². The number of nitrogens with zero attached hydrogens (tertiary/aromatic N) is 2. The van der Waals surface area contributed by atoms with Crippen LogP contribution in [0.25, 0.3) is 0 Å². The maximum absolute atomic E-state index is 5.87. The number of rotatable bonds is 3. The predicted molar refractivity (Wildman–Crippen MR) is 72.4 cm³/mol. The molecule has 1 aliphatic rings. The summed E-state index contributed by atoms with van der Waals surface area (Å²) < 4.78 is 5.71. The Hall–Kier alpha value is -1.17. The Labute approximate surface area is 108 Å². The smallest absolute Gasteiger partial charge is 0.128 e. The van der Waals surface area contributed by atoms with Gasteiger partial charge in [0.15, 0.2) is 0 Å². The largest absolute Gasteiger partial charge is 0.372 e. The van der Waals surface area contributed by atoms with Crippen molar-refractivity contribution in [3.8, 4) is 0 Å². The molecular formula is C13H22N4O. The van der Waals surface area contributed by atoms with Gasteiger partial charge in [0.05, 0.1) is 12.2 Å². The van der Waals surface area contributed by atoms with Gasteiger partial charge in [-0.3, -0.25) is 0 Å². The van der Waals surface area contributed by atoms with Crippen molar-refractivity contribution in [3.05, 3.63) is 23.9 Å². The molecule has 100 valence electrons. The first-order valence-electron chi connectivity index (χ1n) is 6.42. The molecular weight excluding hydrogens is 228 g/mol. The van der Waals surface area contributed by atoms with Gasteiger partial charge in [-0.1, -0.05) is 6.07 Å². The number of aromatic nitrogens is 1. The standard InChI is InChI=1S/C13H22N4O/c1-9-7-17(8-10(2)18-9)13-4-3-11(6-16-13)12(15)5-14/h3-4,6,9-10,12H,5,7-8,14-15H2,1-2H3. The monoisotopic (exact) mass is 250 g/mol. The fraction of sp³-hybridized carbons (Fsp3) is 0.615. The molecule has 2 heterocycles. The molecule has 0 amide bonds. The zero-order chi connectivity index (χ0) is 13.1. The summed E-state index contributed by atoms with van der Waals surface area (Å²) in [6, 6.07) is 3.88. The number of ether oxygens (including phenoxy) is 1. The quantitative estimate of drug-likeness (QED) is 0.824. The average Bonchev–Trinajstić information content (AvgIpc) is 2.37. The van der Waals surface area contributed by atoms with E-state index in [-0.39, 0.29) is 18.2 Å². The lowest BCUT2D eigenvalue weighted by Gasteiger charge is -2.36. The van der Waals surface area contributed by atoms with Gasteiger partial charge >= 0.3 is 0 Å². The minimum atomic E-state index is -0.130. The molecule has 3 atom stereocenters. The summed E-state index contributed by atoms with van der Waals surface area (Å²) in [5.41, 5.74) is 12.4. The summed E-state index contributed by atoms with van der Waals surface area (Å²) in [7, 11) is 0. The number of anilines is 1. The van der Waals surface area contributed by atoms with Crippen LogP contribution in [-0.2, 0) is 4.74 Å². The Kier molecular flexibility index (Phi) is 4.16. The van der Waals surface area contributed by atoms with E-state index in [1.54, 1.807) is 0 Å². The van der Waals surface area contributed by atoms with Crippen LogP contribution in [0, 0.1) is 0 Å². The van der Waals surface area contributed by atoms with E-state index in [1.165, 1.54) is 0 Å². The van der Waals surface area contributed by atoms with E-state index < -0.39 is 0 Å². The SMILES string of the molecule is CC1CN(c2ccc(C(N)CN)cn2)CC(C)O1. The second kappa shape index (κ2) is 5.65. The van der Waals surface area contributed by atoms with E-state index >= 15 is 0 Å². The Balaban J connectivity index is 2.09. The van der Waals surface area contributed by atoms with Crippen LogP contribution in [0.2, 0.25) is 0 Å². The lowest BCUT2D eigenvalue weighted by molar-refractivity contribution is -0.00545. The Bertz CT molecular complexity index is 371. The molecule has 0 radical (unpaired) electrons. The van der Waals surface area contributed by atoms with Crippen LogP contribution in [-0.4, -0.2) is 36.8 Å². The van der Waals surface area contributed by atoms with Gasteiger partial charge in [0, 0.05) is 31.9 Å². The number of nitrogens with two attached hydrogens (primary N) is 2. The molecule has 1 aromatic rings. The molecule has 1 aromatic heterocycles. The molecule has 1 aliphatic heterocycles. The molecule has 5 heteroatoms. The maximum Gasteiger partial charge on any atom is 0.128 e. The molecule has 3 unspecified atom stereocenters. The van der Waals surface area contributed by atoms with Gasteiger partial charge in [-0.15, -0.1) is 0 Å². The van der Waals surface area contributed by atoms with E-state index in [0.29, 0.717) is 6.54 Å². The average molecular weight is 250 g/mol. The highest BCUT2D eigenvalue weighted by atomic mass is 16.5. The predicted octanol–water partition coefficient (Wildman–Crippen LogP) is 0.654. The third-order valence-electron chi connectivity index (χ3n) is 3.20. The first-order chi connectivity index (χ1) is 8.60. The van der Waals surface area contributed by atoms with Crippen molar-refractivity contribution in [1.29, 1.82) is 0 Å². The van der Waals surface area contributed by atoms with Crippen molar-refractivity contribution in [2.45, 2.75) is 32.1 Å². The summed E-state index contributed by atoms with van der Waals surface area (Å²) in [4.78, 5) is 6.72. The van der Waals surface area contributed by atoms with Gasteiger partial charge in [-0.2, -0.15) is 0 Å². The summed E-state index contributed by atoms with van der Waals surface area (Å²) in [6.45, 7) is 6.36. The van der Waals surface area contributed by atoms with E-state index in [0.717, 1.165) is 24.5 Å². The minimum Gasteiger partial charge on any atom is -0.372 e. The van der Waals surface area contributed by atoms with Crippen molar-refractivity contribution < 1.29 is 4.74 Å². The molecule has 4 N–H and O–H groups in total. The third kappa shape index (κ3) is 2.98. The first-order valence-corrected chi connectivity index (χ1v) is 6.42. The summed E-state index contributed by atoms with van der Waals surface area (Å²) in [5.74, 6) is 0.977. The van der Waals surface area contributed by atoms with Gasteiger partial charge in [0.2, 0.25) is 0 Å². The van der Waals surface area contributed by atoms with E-state index in [9.17, 15) is 0 Å². The summed E-state index contributed by atoms with van der Waals surface area (Å²) in [6.07, 6.45) is 2.29. The molecule has 5 nitrogen and oxygen atoms in total. The zero-order valence-corrected chi connectivity index (χ0v) is 11.0. The third-order valence-corrected chi connectivity index (χ3v) is 3.20. The molecule has 1 saturated heterocycles. The van der Waals surface area contributed by atoms with Crippen LogP contribution >= 0.6 is 0 Å². The Morgan fingerprint density at radius 3 is 2.56 bits per heavy atom. The molecule has 1 fully saturated rings. The molecule has 18 heavy (non-hydrogen) atoms. The van der Waals surface area contributed by atoms with Crippen LogP contribution in [0.1, 0.15) is 25.5 Å². The molecule has 0 aliphatic carbocycles. The Morgan fingerprint density at radius 1 is 1.39 bits per heavy atom. The van der Waals surface area contributed by atoms with E-state index in [2.05, 4.69) is 23.7 Å². The second-order valence-electron chi connectivity index (χ2n) is 4.95. The highest BCUT2D eigenvalue weighted by Crippen LogP contribution is 2.19. The van der Waals surface area contributed by atoms with Crippen LogP contribution in [0.15, 0.2) is 18.3 Å². The van der Waals surface area contributed by atoms with E-state index in [1.807, 2.05) is 18.3 Å². The lowest BCUT2D eigenvalue weighted by Crippen LogP contribution is -2.45. The van der Waals surface area contributed by atoms with E-state index in [4.69, 9.17) is 16.2 Å². The summed E-state index contributed by atoms with van der Waals surface area (Å²) in [5, 5.41) is 0. The van der Waals surface area contributed by atoms with Crippen molar-refractivity contribution in [1.82, 2.24) is 4.98 Å². The van der Waals surface area contributed by atoms with Gasteiger partial charge in [0.25, 0.3) is 0 Å². The highest BCUT2D eigenvalue weighted by molar-refractivity contribution is 5.40. The van der Waals surface area contributed by atoms with Gasteiger partial charge in [0.1, 0.15) is 5.82 Å². The minimum absolute atomic E-state index is 0.130. The van der Waals surface area contributed by atoms with Gasteiger partial charge in [-0.05, 0) is 25.5 Å². The lowest BCUT2D eigenvalue weighted by atomic mass is 10.1.